The largest absolute Gasteiger partial charge is 0.391 e. The molecule has 14 heavy (non-hydrogen) atoms. The van der Waals surface area contributed by atoms with Crippen LogP contribution in [0.1, 0.15) is 5.56 Å². The van der Waals surface area contributed by atoms with Gasteiger partial charge >= 0.3 is 0 Å². The summed E-state index contributed by atoms with van der Waals surface area (Å²) in [4.78, 5) is 0. The molecule has 4 N–H and O–H groups in total. The molecule has 0 atom stereocenters. The summed E-state index contributed by atoms with van der Waals surface area (Å²) in [5.41, 5.74) is 12.2. The molecule has 4 heteroatoms. The van der Waals surface area contributed by atoms with Crippen molar-refractivity contribution in [2.75, 3.05) is 0 Å². The smallest absolute Gasteiger partial charge is 0.140 e. The zero-order chi connectivity index (χ0) is 10.4. The quantitative estimate of drug-likeness (QED) is 0.734. The molecular formula is C10H11N3S. The van der Waals surface area contributed by atoms with Gasteiger partial charge in [-0.3, -0.25) is 0 Å². The molecule has 0 heterocycles. The minimum Gasteiger partial charge on any atom is -0.391 e. The molecular weight excluding hydrogens is 194 g/mol. The summed E-state index contributed by atoms with van der Waals surface area (Å²) in [5.74, 6) is 0.731. The normalized spacial score (nSPS) is 11.6. The van der Waals surface area contributed by atoms with E-state index in [-0.39, 0.29) is 5.70 Å². The van der Waals surface area contributed by atoms with Crippen LogP contribution in [0.4, 0.5) is 0 Å². The lowest BCUT2D eigenvalue weighted by Gasteiger charge is -2.01. The molecule has 0 aliphatic carbocycles. The Morgan fingerprint density at radius 3 is 2.50 bits per heavy atom. The SMILES string of the molecule is N#CC(N)=C(N)SCc1ccccc1. The van der Waals surface area contributed by atoms with Gasteiger partial charge in [-0.25, -0.2) is 0 Å². The molecule has 3 nitrogen and oxygen atoms in total. The molecule has 0 spiro atoms. The van der Waals surface area contributed by atoms with Crippen LogP contribution in [-0.2, 0) is 5.75 Å². The van der Waals surface area contributed by atoms with Crippen LogP contribution in [0.5, 0.6) is 0 Å². The Morgan fingerprint density at radius 2 is 1.93 bits per heavy atom. The van der Waals surface area contributed by atoms with Crippen LogP contribution in [0.25, 0.3) is 0 Å². The summed E-state index contributed by atoms with van der Waals surface area (Å²) in [7, 11) is 0. The minimum atomic E-state index is 0.0888. The van der Waals surface area contributed by atoms with Gasteiger partial charge in [0, 0.05) is 5.75 Å². The van der Waals surface area contributed by atoms with Gasteiger partial charge in [0.15, 0.2) is 0 Å². The Kier molecular flexibility index (Phi) is 3.89. The van der Waals surface area contributed by atoms with Gasteiger partial charge in [0.2, 0.25) is 0 Å². The second-order valence-electron chi connectivity index (χ2n) is 2.66. The zero-order valence-electron chi connectivity index (χ0n) is 7.60. The maximum atomic E-state index is 8.48. The predicted molar refractivity (Wildman–Crippen MR) is 58.8 cm³/mol. The number of nitrogens with two attached hydrogens (primary N) is 2. The Hall–Kier alpha value is -1.60. The fraction of sp³-hybridized carbons (Fsp3) is 0.100. The van der Waals surface area contributed by atoms with Gasteiger partial charge in [-0.2, -0.15) is 5.26 Å². The number of hydrogen-bond donors (Lipinski definition) is 2. The number of thioether (sulfide) groups is 1. The highest BCUT2D eigenvalue weighted by Gasteiger charge is 1.99. The maximum absolute atomic E-state index is 8.48. The van der Waals surface area contributed by atoms with Crippen LogP contribution in [0, 0.1) is 11.3 Å². The molecule has 1 rings (SSSR count). The van der Waals surface area contributed by atoms with Crippen molar-refractivity contribution in [3.05, 3.63) is 46.6 Å². The van der Waals surface area contributed by atoms with Crippen LogP contribution in [-0.4, -0.2) is 0 Å². The number of nitrogens with zero attached hydrogens (tertiary/aromatic N) is 1. The number of rotatable bonds is 3. The van der Waals surface area contributed by atoms with E-state index in [0.29, 0.717) is 5.03 Å². The summed E-state index contributed by atoms with van der Waals surface area (Å²) in [6.45, 7) is 0. The molecule has 0 aliphatic rings. The first kappa shape index (κ1) is 10.5. The average molecular weight is 205 g/mol. The first-order valence-electron chi connectivity index (χ1n) is 4.06. The zero-order valence-corrected chi connectivity index (χ0v) is 8.42. The summed E-state index contributed by atoms with van der Waals surface area (Å²) >= 11 is 1.37. The van der Waals surface area contributed by atoms with Crippen LogP contribution in [0.3, 0.4) is 0 Å². The Labute approximate surface area is 87.4 Å². The van der Waals surface area contributed by atoms with Crippen molar-refractivity contribution in [2.24, 2.45) is 11.5 Å². The van der Waals surface area contributed by atoms with E-state index >= 15 is 0 Å². The summed E-state index contributed by atoms with van der Waals surface area (Å²) < 4.78 is 0. The molecule has 1 aromatic carbocycles. The lowest BCUT2D eigenvalue weighted by molar-refractivity contribution is 1.32. The van der Waals surface area contributed by atoms with Crippen LogP contribution in [0.15, 0.2) is 41.1 Å². The van der Waals surface area contributed by atoms with Crippen molar-refractivity contribution in [1.29, 1.82) is 5.26 Å². The van der Waals surface area contributed by atoms with Crippen LogP contribution >= 0.6 is 11.8 Å². The van der Waals surface area contributed by atoms with Gasteiger partial charge in [-0.15, -0.1) is 11.8 Å². The van der Waals surface area contributed by atoms with Crippen molar-refractivity contribution >= 4 is 11.8 Å². The molecule has 1 aromatic rings. The average Bonchev–Trinajstić information content (AvgIpc) is 2.26. The molecule has 0 fully saturated rings. The summed E-state index contributed by atoms with van der Waals surface area (Å²) in [5, 5.41) is 8.86. The highest BCUT2D eigenvalue weighted by Crippen LogP contribution is 2.17. The standard InChI is InChI=1S/C10H11N3S/c11-6-9(12)10(13)14-7-8-4-2-1-3-5-8/h1-5H,7,12-13H2. The molecule has 0 saturated carbocycles. The predicted octanol–water partition coefficient (Wildman–Crippen LogP) is 1.53. The van der Waals surface area contributed by atoms with Gasteiger partial charge in [-0.1, -0.05) is 30.3 Å². The summed E-state index contributed by atoms with van der Waals surface area (Å²) in [6, 6.07) is 11.7. The lowest BCUT2D eigenvalue weighted by atomic mass is 10.2. The number of hydrogen-bond acceptors (Lipinski definition) is 4. The first-order valence-corrected chi connectivity index (χ1v) is 5.04. The third-order valence-electron chi connectivity index (χ3n) is 1.62. The Morgan fingerprint density at radius 1 is 1.29 bits per heavy atom. The van der Waals surface area contributed by atoms with E-state index in [1.165, 1.54) is 11.8 Å². The van der Waals surface area contributed by atoms with E-state index < -0.39 is 0 Å². The fourth-order valence-electron chi connectivity index (χ4n) is 0.868. The highest BCUT2D eigenvalue weighted by atomic mass is 32.2. The first-order chi connectivity index (χ1) is 6.74. The van der Waals surface area contributed by atoms with Gasteiger partial charge in [-0.05, 0) is 5.56 Å². The minimum absolute atomic E-state index is 0.0888. The fourth-order valence-corrected chi connectivity index (χ4v) is 1.58. The molecule has 0 aliphatic heterocycles. The number of benzene rings is 1. The van der Waals surface area contributed by atoms with E-state index in [2.05, 4.69) is 0 Å². The van der Waals surface area contributed by atoms with Crippen molar-refractivity contribution < 1.29 is 0 Å². The van der Waals surface area contributed by atoms with Crippen LogP contribution in [0.2, 0.25) is 0 Å². The van der Waals surface area contributed by atoms with Crippen LogP contribution < -0.4 is 11.5 Å². The third-order valence-corrected chi connectivity index (χ3v) is 2.63. The number of nitriles is 1. The second-order valence-corrected chi connectivity index (χ2v) is 3.68. The molecule has 0 radical (unpaired) electrons. The Bertz CT molecular complexity index is 365. The second kappa shape index (κ2) is 5.20. The maximum Gasteiger partial charge on any atom is 0.140 e. The highest BCUT2D eigenvalue weighted by molar-refractivity contribution is 8.02. The van der Waals surface area contributed by atoms with Gasteiger partial charge < -0.3 is 11.5 Å². The molecule has 0 aromatic heterocycles. The van der Waals surface area contributed by atoms with Crippen molar-refractivity contribution in [3.8, 4) is 6.07 Å². The van der Waals surface area contributed by atoms with E-state index in [1.54, 1.807) is 0 Å². The molecule has 0 unspecified atom stereocenters. The topological polar surface area (TPSA) is 75.8 Å². The molecule has 0 saturated heterocycles. The van der Waals surface area contributed by atoms with Crippen molar-refractivity contribution in [1.82, 2.24) is 0 Å². The monoisotopic (exact) mass is 205 g/mol. The summed E-state index contributed by atoms with van der Waals surface area (Å²) in [6.07, 6.45) is 0. The van der Waals surface area contributed by atoms with E-state index in [9.17, 15) is 0 Å². The van der Waals surface area contributed by atoms with Gasteiger partial charge in [0.1, 0.15) is 16.8 Å². The van der Waals surface area contributed by atoms with Crippen molar-refractivity contribution in [2.45, 2.75) is 5.75 Å². The van der Waals surface area contributed by atoms with E-state index in [4.69, 9.17) is 16.7 Å². The van der Waals surface area contributed by atoms with E-state index in [1.807, 2.05) is 36.4 Å². The Balaban J connectivity index is 2.55. The molecule has 0 amide bonds. The third kappa shape index (κ3) is 3.04. The lowest BCUT2D eigenvalue weighted by Crippen LogP contribution is -2.05. The number of allylic oxidation sites excluding steroid dienone is 1. The molecule has 0 bridgehead atoms. The van der Waals surface area contributed by atoms with Crippen molar-refractivity contribution in [3.63, 3.8) is 0 Å². The van der Waals surface area contributed by atoms with E-state index in [0.717, 1.165) is 11.3 Å². The molecule has 72 valence electrons. The van der Waals surface area contributed by atoms with Gasteiger partial charge in [0.05, 0.1) is 0 Å². The van der Waals surface area contributed by atoms with Gasteiger partial charge in [0.25, 0.3) is 0 Å².